The van der Waals surface area contributed by atoms with E-state index in [-0.39, 0.29) is 11.9 Å². The van der Waals surface area contributed by atoms with Gasteiger partial charge < -0.3 is 15.0 Å². The Morgan fingerprint density at radius 2 is 1.84 bits per heavy atom. The standard InChI is InChI=1S/C20H26N2O2S/c1-15-9-5-8-12-19(15)25-14-20(23)21-13-17(22(2)3)16-10-6-7-11-18(16)24-4/h5-12,17H,13-14H2,1-4H3,(H,21,23). The van der Waals surface area contributed by atoms with Crippen LogP contribution in [0.2, 0.25) is 0 Å². The number of methoxy groups -OCH3 is 1. The highest BCUT2D eigenvalue weighted by molar-refractivity contribution is 8.00. The number of benzene rings is 2. The van der Waals surface area contributed by atoms with Crippen LogP contribution in [-0.4, -0.2) is 44.3 Å². The number of para-hydroxylation sites is 1. The topological polar surface area (TPSA) is 41.6 Å². The van der Waals surface area contributed by atoms with Gasteiger partial charge in [0.2, 0.25) is 5.91 Å². The van der Waals surface area contributed by atoms with Gasteiger partial charge in [0, 0.05) is 17.0 Å². The van der Waals surface area contributed by atoms with Crippen molar-refractivity contribution in [1.29, 1.82) is 0 Å². The van der Waals surface area contributed by atoms with E-state index in [2.05, 4.69) is 23.2 Å². The molecule has 2 aromatic rings. The zero-order chi connectivity index (χ0) is 18.2. The summed E-state index contributed by atoms with van der Waals surface area (Å²) in [4.78, 5) is 15.5. The Kier molecular flexibility index (Phi) is 7.34. The highest BCUT2D eigenvalue weighted by atomic mass is 32.2. The smallest absolute Gasteiger partial charge is 0.230 e. The molecule has 1 unspecified atom stereocenters. The number of aryl methyl sites for hydroxylation is 1. The molecular formula is C20H26N2O2S. The van der Waals surface area contributed by atoms with E-state index < -0.39 is 0 Å². The minimum absolute atomic E-state index is 0.0370. The van der Waals surface area contributed by atoms with Gasteiger partial charge in [0.25, 0.3) is 0 Å². The molecule has 2 rings (SSSR count). The lowest BCUT2D eigenvalue weighted by Crippen LogP contribution is -2.35. The van der Waals surface area contributed by atoms with Crippen LogP contribution in [0.15, 0.2) is 53.4 Å². The summed E-state index contributed by atoms with van der Waals surface area (Å²) >= 11 is 1.57. The average Bonchev–Trinajstić information content (AvgIpc) is 2.61. The molecule has 0 heterocycles. The fourth-order valence-electron chi connectivity index (χ4n) is 2.64. The van der Waals surface area contributed by atoms with Gasteiger partial charge in [-0.3, -0.25) is 4.79 Å². The van der Waals surface area contributed by atoms with Crippen LogP contribution in [0.3, 0.4) is 0 Å². The molecule has 0 aromatic heterocycles. The van der Waals surface area contributed by atoms with Crippen LogP contribution in [0.5, 0.6) is 5.75 Å². The zero-order valence-corrected chi connectivity index (χ0v) is 16.1. The van der Waals surface area contributed by atoms with Gasteiger partial charge in [-0.15, -0.1) is 11.8 Å². The second-order valence-corrected chi connectivity index (χ2v) is 7.10. The largest absolute Gasteiger partial charge is 0.496 e. The molecule has 0 aliphatic rings. The highest BCUT2D eigenvalue weighted by Crippen LogP contribution is 2.27. The first-order chi connectivity index (χ1) is 12.0. The van der Waals surface area contributed by atoms with Gasteiger partial charge in [-0.25, -0.2) is 0 Å². The minimum atomic E-state index is 0.0370. The van der Waals surface area contributed by atoms with Crippen molar-refractivity contribution in [1.82, 2.24) is 10.2 Å². The van der Waals surface area contributed by atoms with E-state index >= 15 is 0 Å². The van der Waals surface area contributed by atoms with Crippen LogP contribution in [0.4, 0.5) is 0 Å². The summed E-state index contributed by atoms with van der Waals surface area (Å²) in [6.07, 6.45) is 0. The molecule has 1 atom stereocenters. The fraction of sp³-hybridized carbons (Fsp3) is 0.350. The number of likely N-dealkylation sites (N-methyl/N-ethyl adjacent to an activating group) is 1. The molecule has 25 heavy (non-hydrogen) atoms. The van der Waals surface area contributed by atoms with E-state index in [1.807, 2.05) is 56.6 Å². The number of nitrogens with zero attached hydrogens (tertiary/aromatic N) is 1. The molecule has 134 valence electrons. The molecule has 0 radical (unpaired) electrons. The van der Waals surface area contributed by atoms with Gasteiger partial charge in [0.15, 0.2) is 0 Å². The maximum Gasteiger partial charge on any atom is 0.230 e. The van der Waals surface area contributed by atoms with Crippen molar-refractivity contribution in [2.45, 2.75) is 17.9 Å². The molecule has 0 saturated heterocycles. The Balaban J connectivity index is 1.95. The van der Waals surface area contributed by atoms with Gasteiger partial charge in [-0.2, -0.15) is 0 Å². The predicted octanol–water partition coefficient (Wildman–Crippen LogP) is 3.51. The first-order valence-electron chi connectivity index (χ1n) is 8.27. The Morgan fingerprint density at radius 3 is 2.52 bits per heavy atom. The Bertz CT molecular complexity index is 704. The number of ether oxygens (including phenoxy) is 1. The van der Waals surface area contributed by atoms with Crippen LogP contribution in [-0.2, 0) is 4.79 Å². The quantitative estimate of drug-likeness (QED) is 0.733. The number of rotatable bonds is 8. The number of thioether (sulfide) groups is 1. The zero-order valence-electron chi connectivity index (χ0n) is 15.3. The van der Waals surface area contributed by atoms with E-state index in [0.29, 0.717) is 12.3 Å². The number of hydrogen-bond acceptors (Lipinski definition) is 4. The van der Waals surface area contributed by atoms with Crippen molar-refractivity contribution in [2.75, 3.05) is 33.5 Å². The summed E-state index contributed by atoms with van der Waals surface area (Å²) in [5, 5.41) is 3.05. The molecule has 0 spiro atoms. The van der Waals surface area contributed by atoms with Gasteiger partial charge >= 0.3 is 0 Å². The molecule has 5 heteroatoms. The Morgan fingerprint density at radius 1 is 1.16 bits per heavy atom. The van der Waals surface area contributed by atoms with Crippen molar-refractivity contribution in [3.05, 3.63) is 59.7 Å². The van der Waals surface area contributed by atoms with E-state index in [1.54, 1.807) is 18.9 Å². The van der Waals surface area contributed by atoms with Crippen LogP contribution in [0, 0.1) is 6.92 Å². The van der Waals surface area contributed by atoms with Gasteiger partial charge in [0.1, 0.15) is 5.75 Å². The summed E-state index contributed by atoms with van der Waals surface area (Å²) in [6, 6.07) is 16.1. The highest BCUT2D eigenvalue weighted by Gasteiger charge is 2.19. The third-order valence-electron chi connectivity index (χ3n) is 4.07. The van der Waals surface area contributed by atoms with E-state index in [0.717, 1.165) is 16.2 Å². The third kappa shape index (κ3) is 5.51. The second kappa shape index (κ2) is 9.49. The first-order valence-corrected chi connectivity index (χ1v) is 9.26. The third-order valence-corrected chi connectivity index (χ3v) is 5.24. The van der Waals surface area contributed by atoms with Crippen LogP contribution in [0.25, 0.3) is 0 Å². The lowest BCUT2D eigenvalue weighted by molar-refractivity contribution is -0.118. The summed E-state index contributed by atoms with van der Waals surface area (Å²) in [7, 11) is 5.68. The van der Waals surface area contributed by atoms with Crippen molar-refractivity contribution in [3.63, 3.8) is 0 Å². The molecule has 2 aromatic carbocycles. The molecule has 1 N–H and O–H groups in total. The van der Waals surface area contributed by atoms with Gasteiger partial charge in [-0.1, -0.05) is 36.4 Å². The number of carbonyl (C=O) groups excluding carboxylic acids is 1. The van der Waals surface area contributed by atoms with Crippen molar-refractivity contribution < 1.29 is 9.53 Å². The summed E-state index contributed by atoms with van der Waals surface area (Å²) in [5.74, 6) is 1.29. The number of carbonyl (C=O) groups is 1. The molecule has 4 nitrogen and oxygen atoms in total. The molecule has 0 bridgehead atoms. The average molecular weight is 359 g/mol. The van der Waals surface area contributed by atoms with Gasteiger partial charge in [0.05, 0.1) is 18.9 Å². The lowest BCUT2D eigenvalue weighted by atomic mass is 10.0. The second-order valence-electron chi connectivity index (χ2n) is 6.08. The molecular weight excluding hydrogens is 332 g/mol. The normalized spacial score (nSPS) is 12.0. The monoisotopic (exact) mass is 358 g/mol. The lowest BCUT2D eigenvalue weighted by Gasteiger charge is -2.26. The maximum absolute atomic E-state index is 12.3. The molecule has 0 aliphatic heterocycles. The van der Waals surface area contributed by atoms with Crippen molar-refractivity contribution in [3.8, 4) is 5.75 Å². The SMILES string of the molecule is COc1ccccc1C(CNC(=O)CSc1ccccc1C)N(C)C. The minimum Gasteiger partial charge on any atom is -0.496 e. The van der Waals surface area contributed by atoms with Crippen LogP contribution < -0.4 is 10.1 Å². The summed E-state index contributed by atoms with van der Waals surface area (Å²) in [5.41, 5.74) is 2.27. The number of nitrogens with one attached hydrogen (secondary N) is 1. The predicted molar refractivity (Wildman–Crippen MR) is 104 cm³/mol. The van der Waals surface area contributed by atoms with Crippen LogP contribution in [0.1, 0.15) is 17.2 Å². The van der Waals surface area contributed by atoms with Crippen LogP contribution >= 0.6 is 11.8 Å². The van der Waals surface area contributed by atoms with Gasteiger partial charge in [-0.05, 0) is 38.7 Å². The first kappa shape index (κ1) is 19.3. The molecule has 0 aliphatic carbocycles. The summed E-state index contributed by atoms with van der Waals surface area (Å²) in [6.45, 7) is 2.60. The van der Waals surface area contributed by atoms with E-state index in [1.165, 1.54) is 5.56 Å². The molecule has 0 fully saturated rings. The fourth-order valence-corrected chi connectivity index (χ4v) is 3.49. The van der Waals surface area contributed by atoms with Crippen molar-refractivity contribution >= 4 is 17.7 Å². The summed E-state index contributed by atoms with van der Waals surface area (Å²) < 4.78 is 5.46. The molecule has 0 saturated carbocycles. The Labute approximate surface area is 154 Å². The van der Waals surface area contributed by atoms with E-state index in [9.17, 15) is 4.79 Å². The van der Waals surface area contributed by atoms with E-state index in [4.69, 9.17) is 4.74 Å². The molecule has 1 amide bonds. The Hall–Kier alpha value is -1.98. The number of hydrogen-bond donors (Lipinski definition) is 1. The number of amides is 1. The van der Waals surface area contributed by atoms with Crippen molar-refractivity contribution in [2.24, 2.45) is 0 Å². The maximum atomic E-state index is 12.3.